The molecule has 0 radical (unpaired) electrons. The maximum atomic E-state index is 13.0. The van der Waals surface area contributed by atoms with Gasteiger partial charge in [0.1, 0.15) is 6.04 Å². The largest absolute Gasteiger partial charge is 0.466 e. The number of ether oxygens (including phenoxy) is 1. The molecule has 1 aliphatic carbocycles. The minimum Gasteiger partial charge on any atom is -0.466 e. The Morgan fingerprint density at radius 1 is 1.23 bits per heavy atom. The highest BCUT2D eigenvalue weighted by atomic mass is 16.5. The van der Waals surface area contributed by atoms with E-state index in [1.165, 1.54) is 0 Å². The Morgan fingerprint density at radius 3 is 2.69 bits per heavy atom. The van der Waals surface area contributed by atoms with E-state index < -0.39 is 12.0 Å². The van der Waals surface area contributed by atoms with Gasteiger partial charge in [-0.05, 0) is 31.9 Å². The van der Waals surface area contributed by atoms with Gasteiger partial charge in [0.2, 0.25) is 5.91 Å². The monoisotopic (exact) mass is 359 g/mol. The molecule has 1 saturated heterocycles. The summed E-state index contributed by atoms with van der Waals surface area (Å²) in [6.45, 7) is 1.96. The summed E-state index contributed by atoms with van der Waals surface area (Å²) in [7, 11) is 0. The van der Waals surface area contributed by atoms with Crippen LogP contribution in [0.1, 0.15) is 39.0 Å². The molecule has 7 heteroatoms. The van der Waals surface area contributed by atoms with Gasteiger partial charge in [0.25, 0.3) is 0 Å². The van der Waals surface area contributed by atoms with Gasteiger partial charge >= 0.3 is 12.0 Å². The zero-order valence-electron chi connectivity index (χ0n) is 14.9. The molecule has 1 aromatic rings. The fourth-order valence-corrected chi connectivity index (χ4v) is 3.82. The maximum absolute atomic E-state index is 13.0. The van der Waals surface area contributed by atoms with Crippen LogP contribution in [0.5, 0.6) is 0 Å². The van der Waals surface area contributed by atoms with E-state index in [-0.39, 0.29) is 37.0 Å². The molecule has 140 valence electrons. The number of benzene rings is 1. The first kappa shape index (κ1) is 18.2. The van der Waals surface area contributed by atoms with Crippen LogP contribution in [-0.2, 0) is 14.3 Å². The number of fused-ring (bicyclic) bond motifs is 1. The van der Waals surface area contributed by atoms with Crippen LogP contribution >= 0.6 is 0 Å². The van der Waals surface area contributed by atoms with Gasteiger partial charge in [-0.3, -0.25) is 9.59 Å². The molecule has 0 bridgehead atoms. The van der Waals surface area contributed by atoms with Gasteiger partial charge in [-0.25, -0.2) is 4.79 Å². The number of hydrogen-bond acceptors (Lipinski definition) is 4. The molecule has 0 spiro atoms. The molecule has 2 fully saturated rings. The summed E-state index contributed by atoms with van der Waals surface area (Å²) in [6.07, 6.45) is 3.55. The van der Waals surface area contributed by atoms with Crippen molar-refractivity contribution in [3.8, 4) is 0 Å². The van der Waals surface area contributed by atoms with E-state index in [2.05, 4.69) is 10.6 Å². The van der Waals surface area contributed by atoms with Crippen molar-refractivity contribution in [3.05, 3.63) is 30.3 Å². The quantitative estimate of drug-likeness (QED) is 0.808. The number of nitrogens with zero attached hydrogens (tertiary/aromatic N) is 1. The van der Waals surface area contributed by atoms with Crippen molar-refractivity contribution in [1.29, 1.82) is 0 Å². The number of carbonyl (C=O) groups is 3. The van der Waals surface area contributed by atoms with Crippen LogP contribution in [0.25, 0.3) is 0 Å². The standard InChI is InChI=1S/C19H25N3O4/c1-2-26-17(23)12-16-18(24)21-14-10-6-7-11-15(14)22(16)19(25)20-13-8-4-3-5-9-13/h3-5,8-9,14-16H,2,6-7,10-12H2,1H3,(H,20,25)(H,21,24)/t14-,15-,16-/m1/s1. The third-order valence-corrected chi connectivity index (χ3v) is 4.98. The number of nitrogens with one attached hydrogen (secondary N) is 2. The van der Waals surface area contributed by atoms with Crippen LogP contribution in [0.2, 0.25) is 0 Å². The van der Waals surface area contributed by atoms with Crippen LogP contribution in [0, 0.1) is 0 Å². The van der Waals surface area contributed by atoms with Crippen LogP contribution in [0.4, 0.5) is 10.5 Å². The first-order chi connectivity index (χ1) is 12.6. The van der Waals surface area contributed by atoms with Crippen molar-refractivity contribution in [2.24, 2.45) is 0 Å². The second-order valence-corrected chi connectivity index (χ2v) is 6.70. The summed E-state index contributed by atoms with van der Waals surface area (Å²) < 4.78 is 5.00. The molecule has 2 N–H and O–H groups in total. The van der Waals surface area contributed by atoms with Crippen molar-refractivity contribution in [1.82, 2.24) is 10.2 Å². The summed E-state index contributed by atoms with van der Waals surface area (Å²) in [6, 6.07) is 7.75. The zero-order chi connectivity index (χ0) is 18.5. The van der Waals surface area contributed by atoms with E-state index in [9.17, 15) is 14.4 Å². The Morgan fingerprint density at radius 2 is 1.96 bits per heavy atom. The van der Waals surface area contributed by atoms with Crippen molar-refractivity contribution < 1.29 is 19.1 Å². The lowest BCUT2D eigenvalue weighted by Gasteiger charge is -2.47. The second-order valence-electron chi connectivity index (χ2n) is 6.70. The Labute approximate surface area is 153 Å². The van der Waals surface area contributed by atoms with Crippen LogP contribution in [0.3, 0.4) is 0 Å². The second kappa shape index (κ2) is 8.21. The third kappa shape index (κ3) is 3.98. The highest BCUT2D eigenvalue weighted by Crippen LogP contribution is 2.30. The number of esters is 1. The molecule has 0 unspecified atom stereocenters. The fourth-order valence-electron chi connectivity index (χ4n) is 3.82. The first-order valence-corrected chi connectivity index (χ1v) is 9.20. The molecular weight excluding hydrogens is 334 g/mol. The topological polar surface area (TPSA) is 87.7 Å². The molecule has 3 atom stereocenters. The van der Waals surface area contributed by atoms with Gasteiger partial charge < -0.3 is 20.3 Å². The van der Waals surface area contributed by atoms with E-state index in [4.69, 9.17) is 4.74 Å². The van der Waals surface area contributed by atoms with Crippen LogP contribution < -0.4 is 10.6 Å². The van der Waals surface area contributed by atoms with Crippen molar-refractivity contribution in [2.45, 2.75) is 57.2 Å². The summed E-state index contributed by atoms with van der Waals surface area (Å²) in [5.74, 6) is -0.760. The van der Waals surface area contributed by atoms with Gasteiger partial charge in [-0.2, -0.15) is 0 Å². The summed E-state index contributed by atoms with van der Waals surface area (Å²) in [4.78, 5) is 39.2. The molecule has 3 rings (SSSR count). The first-order valence-electron chi connectivity index (χ1n) is 9.20. The number of piperazine rings is 1. The molecular formula is C19H25N3O4. The predicted octanol–water partition coefficient (Wildman–Crippen LogP) is 2.28. The normalized spacial score (nSPS) is 25.0. The molecule has 0 aromatic heterocycles. The van der Waals surface area contributed by atoms with Gasteiger partial charge in [0, 0.05) is 11.7 Å². The molecule has 1 aromatic carbocycles. The average Bonchev–Trinajstić information content (AvgIpc) is 2.63. The number of urea groups is 1. The predicted molar refractivity (Wildman–Crippen MR) is 96.5 cm³/mol. The Balaban J connectivity index is 1.83. The minimum absolute atomic E-state index is 0.0591. The van der Waals surface area contributed by atoms with Gasteiger partial charge in [0.15, 0.2) is 0 Å². The van der Waals surface area contributed by atoms with Crippen molar-refractivity contribution >= 4 is 23.6 Å². The lowest BCUT2D eigenvalue weighted by Crippen LogP contribution is -2.68. The highest BCUT2D eigenvalue weighted by Gasteiger charge is 2.46. The number of carbonyl (C=O) groups excluding carboxylic acids is 3. The number of hydrogen-bond donors (Lipinski definition) is 2. The number of rotatable bonds is 4. The van der Waals surface area contributed by atoms with Crippen molar-refractivity contribution in [3.63, 3.8) is 0 Å². The van der Waals surface area contributed by atoms with Crippen LogP contribution in [0.15, 0.2) is 30.3 Å². The lowest BCUT2D eigenvalue weighted by molar-refractivity contribution is -0.148. The van der Waals surface area contributed by atoms with E-state index in [1.54, 1.807) is 24.0 Å². The molecule has 26 heavy (non-hydrogen) atoms. The Bertz CT molecular complexity index is 664. The smallest absolute Gasteiger partial charge is 0.322 e. The summed E-state index contributed by atoms with van der Waals surface area (Å²) >= 11 is 0. The zero-order valence-corrected chi connectivity index (χ0v) is 14.9. The third-order valence-electron chi connectivity index (χ3n) is 4.98. The number of anilines is 1. The SMILES string of the molecule is CCOC(=O)C[C@@H]1C(=O)N[C@@H]2CCCC[C@H]2N1C(=O)Nc1ccccc1. The molecule has 3 amide bonds. The van der Waals surface area contributed by atoms with E-state index in [1.807, 2.05) is 18.2 Å². The van der Waals surface area contributed by atoms with E-state index in [0.29, 0.717) is 5.69 Å². The Hall–Kier alpha value is -2.57. The molecule has 1 heterocycles. The molecule has 1 aliphatic heterocycles. The highest BCUT2D eigenvalue weighted by molar-refractivity contribution is 5.96. The minimum atomic E-state index is -0.850. The fraction of sp³-hybridized carbons (Fsp3) is 0.526. The summed E-state index contributed by atoms with van der Waals surface area (Å²) in [5, 5.41) is 5.85. The van der Waals surface area contributed by atoms with E-state index >= 15 is 0 Å². The van der Waals surface area contributed by atoms with E-state index in [0.717, 1.165) is 25.7 Å². The Kier molecular flexibility index (Phi) is 5.75. The van der Waals surface area contributed by atoms with Crippen molar-refractivity contribution in [2.75, 3.05) is 11.9 Å². The van der Waals surface area contributed by atoms with Gasteiger partial charge in [0.05, 0.1) is 19.1 Å². The molecule has 2 aliphatic rings. The average molecular weight is 359 g/mol. The lowest BCUT2D eigenvalue weighted by atomic mass is 9.85. The number of para-hydroxylation sites is 1. The van der Waals surface area contributed by atoms with Gasteiger partial charge in [-0.15, -0.1) is 0 Å². The van der Waals surface area contributed by atoms with Gasteiger partial charge in [-0.1, -0.05) is 31.0 Å². The van der Waals surface area contributed by atoms with Crippen LogP contribution in [-0.4, -0.2) is 47.5 Å². The maximum Gasteiger partial charge on any atom is 0.322 e. The molecule has 1 saturated carbocycles. The molecule has 7 nitrogen and oxygen atoms in total. The number of amides is 3. The summed E-state index contributed by atoms with van der Waals surface area (Å²) in [5.41, 5.74) is 0.658.